The lowest BCUT2D eigenvalue weighted by atomic mass is 10.1. The molecule has 44 heavy (non-hydrogen) atoms. The number of aliphatic hydroxyl groups excluding tert-OH is 2. The molecule has 2 aromatic rings. The maximum Gasteiger partial charge on any atom is 0.361 e. The average molecular weight is 663 g/mol. The van der Waals surface area contributed by atoms with Crippen molar-refractivity contribution in [3.8, 4) is 0 Å². The van der Waals surface area contributed by atoms with Gasteiger partial charge in [0.15, 0.2) is 6.23 Å². The molecule has 1 saturated carbocycles. The Bertz CT molecular complexity index is 1310. The summed E-state index contributed by atoms with van der Waals surface area (Å²) in [6.07, 6.45) is 0.462. The number of halogens is 1. The van der Waals surface area contributed by atoms with Crippen LogP contribution in [0.5, 0.6) is 0 Å². The zero-order valence-corrected chi connectivity index (χ0v) is 26.7. The molecule has 0 bridgehead atoms. The second-order valence-electron chi connectivity index (χ2n) is 11.3. The largest absolute Gasteiger partial charge is 0.438 e. The fraction of sp³-hybridized carbons (Fsp3) is 0.704. The number of hydrogen-bond acceptors (Lipinski definition) is 14. The van der Waals surface area contributed by atoms with Crippen LogP contribution in [-0.2, 0) is 42.1 Å². The second kappa shape index (κ2) is 15.3. The molecular weight excluding hydrogens is 623 g/mol. The molecule has 2 fully saturated rings. The number of rotatable bonds is 15. The first-order chi connectivity index (χ1) is 20.9. The van der Waals surface area contributed by atoms with Crippen LogP contribution in [0, 0.1) is 11.8 Å². The maximum atomic E-state index is 13.3. The van der Waals surface area contributed by atoms with Crippen molar-refractivity contribution >= 4 is 48.0 Å². The molecule has 0 aromatic carbocycles. The summed E-state index contributed by atoms with van der Waals surface area (Å²) in [4.78, 5) is 32.2. The summed E-state index contributed by atoms with van der Waals surface area (Å²) in [7, 11) is -4.12. The Morgan fingerprint density at radius 1 is 1.07 bits per heavy atom. The highest BCUT2D eigenvalue weighted by Crippen LogP contribution is 2.48. The first kappa shape index (κ1) is 34.5. The van der Waals surface area contributed by atoms with E-state index in [0.717, 1.165) is 25.7 Å². The summed E-state index contributed by atoms with van der Waals surface area (Å²) in [5.41, 5.74) is 0.404. The van der Waals surface area contributed by atoms with Gasteiger partial charge >= 0.3 is 19.5 Å². The molecule has 3 heterocycles. The zero-order valence-electron chi connectivity index (χ0n) is 25.1. The third-order valence-electron chi connectivity index (χ3n) is 7.23. The fourth-order valence-corrected chi connectivity index (χ4v) is 5.88. The first-order valence-electron chi connectivity index (χ1n) is 14.5. The van der Waals surface area contributed by atoms with Gasteiger partial charge < -0.3 is 39.0 Å². The first-order valence-corrected chi connectivity index (χ1v) is 16.6. The number of nitrogens with one attached hydrogen (secondary N) is 1. The lowest BCUT2D eigenvalue weighted by Gasteiger charge is -2.21. The Kier molecular flexibility index (Phi) is 12.0. The molecule has 1 aliphatic heterocycles. The van der Waals surface area contributed by atoms with Crippen molar-refractivity contribution < 1.29 is 52.4 Å². The van der Waals surface area contributed by atoms with Gasteiger partial charge in [-0.1, -0.05) is 40.5 Å². The van der Waals surface area contributed by atoms with E-state index >= 15 is 0 Å². The lowest BCUT2D eigenvalue weighted by Crippen LogP contribution is -2.34. The average Bonchev–Trinajstić information content (AvgIpc) is 3.69. The summed E-state index contributed by atoms with van der Waals surface area (Å²) in [6.45, 7) is 4.76. The Labute approximate surface area is 260 Å². The molecule has 2 aromatic heterocycles. The molecular formula is C27H40ClN4O11P. The highest BCUT2D eigenvalue weighted by molar-refractivity contribution is 7.53. The topological polar surface area (TPSA) is 190 Å². The summed E-state index contributed by atoms with van der Waals surface area (Å²) in [5, 5.41) is 25.7. The number of aromatic nitrogens is 3. The van der Waals surface area contributed by atoms with Gasteiger partial charge in [-0.25, -0.2) is 4.98 Å². The van der Waals surface area contributed by atoms with E-state index in [1.807, 2.05) is 0 Å². The van der Waals surface area contributed by atoms with E-state index in [0.29, 0.717) is 16.9 Å². The number of nitrogens with zero attached hydrogens (tertiary/aromatic N) is 3. The highest BCUT2D eigenvalue weighted by atomic mass is 35.5. The number of esters is 2. The van der Waals surface area contributed by atoms with Crippen LogP contribution >= 0.6 is 19.2 Å². The van der Waals surface area contributed by atoms with Crippen molar-refractivity contribution in [2.45, 2.75) is 84.0 Å². The molecule has 17 heteroatoms. The van der Waals surface area contributed by atoms with Crippen LogP contribution in [0.4, 0.5) is 5.82 Å². The van der Waals surface area contributed by atoms with Crippen LogP contribution in [0.2, 0.25) is 5.28 Å². The van der Waals surface area contributed by atoms with Crippen molar-refractivity contribution in [3.63, 3.8) is 0 Å². The number of fused-ring (bicyclic) bond motifs is 1. The molecule has 0 radical (unpaired) electrons. The second-order valence-corrected chi connectivity index (χ2v) is 13.6. The number of carbonyl (C=O) groups is 2. The van der Waals surface area contributed by atoms with Gasteiger partial charge in [0.1, 0.15) is 36.1 Å². The van der Waals surface area contributed by atoms with Crippen LogP contribution in [0.1, 0.15) is 59.6 Å². The summed E-state index contributed by atoms with van der Waals surface area (Å²) >= 11 is 6.23. The van der Waals surface area contributed by atoms with Crippen LogP contribution < -0.4 is 5.32 Å². The molecule has 4 atom stereocenters. The van der Waals surface area contributed by atoms with Gasteiger partial charge in [-0.3, -0.25) is 23.2 Å². The monoisotopic (exact) mass is 662 g/mol. The summed E-state index contributed by atoms with van der Waals surface area (Å²) in [6, 6.07) is 2.05. The number of hydrogen-bond donors (Lipinski definition) is 3. The quantitative estimate of drug-likeness (QED) is 0.109. The molecule has 15 nitrogen and oxygen atoms in total. The zero-order chi connectivity index (χ0) is 32.0. The maximum absolute atomic E-state index is 13.3. The Morgan fingerprint density at radius 3 is 2.27 bits per heavy atom. The SMILES string of the molecule is CC(C)C(=O)OCOP(=O)(COCC1O[C@@H](n2ccc3c(NC4CCCC4)nc(Cl)nc32)[C@H](O)[C@@H]1O)OCOC(=O)C(C)C. The standard InChI is InChI=1S/C27H40ClN4O11P/c1-15(2)25(35)39-12-41-44(37,42-13-40-26(36)16(3)4)14-38-11-19-20(33)21(34)24(43-19)32-10-9-18-22(29-17-7-5-6-8-17)30-27(28)31-23(18)32/h9-10,15-17,19-21,24,33-34H,5-8,11-14H2,1-4H3,(H,29,30,31)/t19?,20-,21-,24-/m1/s1. The molecule has 1 saturated heterocycles. The lowest BCUT2D eigenvalue weighted by molar-refractivity contribution is -0.156. The van der Waals surface area contributed by atoms with Gasteiger partial charge in [0.25, 0.3) is 0 Å². The minimum Gasteiger partial charge on any atom is -0.438 e. The van der Waals surface area contributed by atoms with Crippen LogP contribution in [0.25, 0.3) is 11.0 Å². The van der Waals surface area contributed by atoms with E-state index in [2.05, 4.69) is 15.3 Å². The van der Waals surface area contributed by atoms with Gasteiger partial charge in [0.2, 0.25) is 18.9 Å². The van der Waals surface area contributed by atoms with Gasteiger partial charge in [0.05, 0.1) is 23.8 Å². The molecule has 4 rings (SSSR count). The molecule has 0 amide bonds. The van der Waals surface area contributed by atoms with Crippen molar-refractivity contribution in [1.82, 2.24) is 14.5 Å². The fourth-order valence-electron chi connectivity index (χ4n) is 4.74. The van der Waals surface area contributed by atoms with Crippen LogP contribution in [-0.4, -0.2) is 87.6 Å². The van der Waals surface area contributed by atoms with Crippen molar-refractivity contribution in [2.24, 2.45) is 11.8 Å². The molecule has 1 unspecified atom stereocenters. The summed E-state index contributed by atoms with van der Waals surface area (Å²) in [5.74, 6) is -1.49. The van der Waals surface area contributed by atoms with Gasteiger partial charge in [-0.05, 0) is 30.5 Å². The van der Waals surface area contributed by atoms with E-state index < -0.39 is 75.8 Å². The van der Waals surface area contributed by atoms with Crippen LogP contribution in [0.15, 0.2) is 12.3 Å². The van der Waals surface area contributed by atoms with E-state index in [-0.39, 0.29) is 17.9 Å². The number of aliphatic hydroxyl groups is 2. The minimum atomic E-state index is -4.12. The number of anilines is 1. The normalized spacial score (nSPS) is 22.8. The van der Waals surface area contributed by atoms with Gasteiger partial charge in [0, 0.05) is 12.2 Å². The van der Waals surface area contributed by atoms with E-state index in [1.165, 1.54) is 0 Å². The summed E-state index contributed by atoms with van der Waals surface area (Å²) < 4.78 is 46.5. The molecule has 246 valence electrons. The van der Waals surface area contributed by atoms with Gasteiger partial charge in [-0.2, -0.15) is 4.98 Å². The minimum absolute atomic E-state index is 0.0137. The Morgan fingerprint density at radius 2 is 1.68 bits per heavy atom. The number of ether oxygens (including phenoxy) is 4. The molecule has 3 N–H and O–H groups in total. The Hall–Kier alpha value is -2.36. The number of carbonyl (C=O) groups excluding carboxylic acids is 2. The molecule has 1 aliphatic carbocycles. The third kappa shape index (κ3) is 8.67. The van der Waals surface area contributed by atoms with Crippen LogP contribution in [0.3, 0.4) is 0 Å². The highest BCUT2D eigenvalue weighted by Gasteiger charge is 2.44. The van der Waals surface area contributed by atoms with Gasteiger partial charge in [-0.15, -0.1) is 0 Å². The van der Waals surface area contributed by atoms with Crippen molar-refractivity contribution in [2.75, 3.05) is 31.9 Å². The third-order valence-corrected chi connectivity index (χ3v) is 8.89. The molecule has 2 aliphatic rings. The van der Waals surface area contributed by atoms with Crippen molar-refractivity contribution in [3.05, 3.63) is 17.5 Å². The molecule has 0 spiro atoms. The van der Waals surface area contributed by atoms with E-state index in [9.17, 15) is 24.4 Å². The smallest absolute Gasteiger partial charge is 0.361 e. The van der Waals surface area contributed by atoms with E-state index in [1.54, 1.807) is 44.5 Å². The van der Waals surface area contributed by atoms with Crippen molar-refractivity contribution in [1.29, 1.82) is 0 Å². The predicted molar refractivity (Wildman–Crippen MR) is 157 cm³/mol. The Balaban J connectivity index is 1.39. The van der Waals surface area contributed by atoms with E-state index in [4.69, 9.17) is 39.6 Å². The predicted octanol–water partition coefficient (Wildman–Crippen LogP) is 3.57.